The van der Waals surface area contributed by atoms with E-state index in [1.807, 2.05) is 13.8 Å². The Hall–Kier alpha value is 0.0169. The fourth-order valence-electron chi connectivity index (χ4n) is 2.16. The summed E-state index contributed by atoms with van der Waals surface area (Å²) in [6, 6.07) is 0.796. The highest BCUT2D eigenvalue weighted by Gasteiger charge is 2.40. The van der Waals surface area contributed by atoms with E-state index in [9.17, 15) is 0 Å². The summed E-state index contributed by atoms with van der Waals surface area (Å²) in [5.74, 6) is 0. The molecule has 0 saturated carbocycles. The van der Waals surface area contributed by atoms with Gasteiger partial charge in [-0.15, -0.1) is 0 Å². The Morgan fingerprint density at radius 1 is 1.10 bits per heavy atom. The minimum Gasteiger partial charge on any atom is -0.376 e. The molecule has 1 heterocycles. The Kier molecular flexibility index (Phi) is 8.24. The summed E-state index contributed by atoms with van der Waals surface area (Å²) in [4.78, 5) is 0. The molecule has 20 heavy (non-hydrogen) atoms. The second kappa shape index (κ2) is 9.12. The minimum atomic E-state index is -2.51. The summed E-state index contributed by atoms with van der Waals surface area (Å²) < 4.78 is 28.6. The van der Waals surface area contributed by atoms with Gasteiger partial charge >= 0.3 is 8.80 Å². The van der Waals surface area contributed by atoms with E-state index < -0.39 is 8.80 Å². The zero-order chi connectivity index (χ0) is 15.0. The summed E-state index contributed by atoms with van der Waals surface area (Å²) in [5.41, 5.74) is 0. The lowest BCUT2D eigenvalue weighted by atomic mass is 10.2. The van der Waals surface area contributed by atoms with Crippen LogP contribution in [0.2, 0.25) is 6.04 Å². The zero-order valence-electron chi connectivity index (χ0n) is 13.5. The highest BCUT2D eigenvalue weighted by molar-refractivity contribution is 6.60. The van der Waals surface area contributed by atoms with Crippen molar-refractivity contribution in [2.45, 2.75) is 65.4 Å². The van der Waals surface area contributed by atoms with Gasteiger partial charge in [0, 0.05) is 25.4 Å². The van der Waals surface area contributed by atoms with Crippen molar-refractivity contribution < 1.29 is 22.8 Å². The van der Waals surface area contributed by atoms with Crippen molar-refractivity contribution in [3.05, 3.63) is 0 Å². The van der Waals surface area contributed by atoms with E-state index >= 15 is 0 Å². The molecular weight excluding hydrogens is 276 g/mol. The molecule has 0 N–H and O–H groups in total. The van der Waals surface area contributed by atoms with Crippen LogP contribution in [0.1, 0.15) is 41.0 Å². The Morgan fingerprint density at radius 3 is 2.15 bits per heavy atom. The fraction of sp³-hybridized carbons (Fsp3) is 1.00. The SMILES string of the molecule is CCO[Si](CC)(OCC)OC(C)CC(C)OCC1CO1. The van der Waals surface area contributed by atoms with Crippen LogP contribution in [0.25, 0.3) is 0 Å². The van der Waals surface area contributed by atoms with Gasteiger partial charge in [-0.3, -0.25) is 0 Å². The van der Waals surface area contributed by atoms with Gasteiger partial charge in [-0.2, -0.15) is 0 Å². The van der Waals surface area contributed by atoms with E-state index in [4.69, 9.17) is 22.8 Å². The molecule has 1 saturated heterocycles. The number of epoxide rings is 1. The van der Waals surface area contributed by atoms with E-state index in [-0.39, 0.29) is 12.2 Å². The van der Waals surface area contributed by atoms with Crippen molar-refractivity contribution >= 4 is 8.80 Å². The van der Waals surface area contributed by atoms with Gasteiger partial charge in [-0.1, -0.05) is 6.92 Å². The maximum absolute atomic E-state index is 6.14. The summed E-state index contributed by atoms with van der Waals surface area (Å²) >= 11 is 0. The molecule has 1 aliphatic heterocycles. The molecule has 3 atom stereocenters. The predicted octanol–water partition coefficient (Wildman–Crippen LogP) is 2.62. The lowest BCUT2D eigenvalue weighted by molar-refractivity contribution is -0.00421. The summed E-state index contributed by atoms with van der Waals surface area (Å²) in [6.45, 7) is 12.9. The minimum absolute atomic E-state index is 0.0647. The average Bonchev–Trinajstić information content (AvgIpc) is 3.20. The van der Waals surface area contributed by atoms with Gasteiger partial charge < -0.3 is 22.8 Å². The van der Waals surface area contributed by atoms with Crippen molar-refractivity contribution in [2.75, 3.05) is 26.4 Å². The molecule has 0 aromatic rings. The van der Waals surface area contributed by atoms with Crippen LogP contribution in [-0.4, -0.2) is 53.5 Å². The van der Waals surface area contributed by atoms with E-state index in [1.54, 1.807) is 0 Å². The van der Waals surface area contributed by atoms with Gasteiger partial charge in [0.15, 0.2) is 0 Å². The van der Waals surface area contributed by atoms with E-state index in [0.29, 0.717) is 25.9 Å². The third-order valence-corrected chi connectivity index (χ3v) is 6.26. The zero-order valence-corrected chi connectivity index (χ0v) is 14.5. The van der Waals surface area contributed by atoms with Crippen LogP contribution in [0.3, 0.4) is 0 Å². The molecule has 6 heteroatoms. The molecule has 1 rings (SSSR count). The van der Waals surface area contributed by atoms with Gasteiger partial charge in [0.25, 0.3) is 0 Å². The van der Waals surface area contributed by atoms with Crippen molar-refractivity contribution in [1.82, 2.24) is 0 Å². The molecule has 0 bridgehead atoms. The molecule has 3 unspecified atom stereocenters. The third kappa shape index (κ3) is 6.65. The first-order valence-corrected chi connectivity index (χ1v) is 9.67. The van der Waals surface area contributed by atoms with E-state index in [1.165, 1.54) is 0 Å². The first kappa shape index (κ1) is 18.1. The first-order valence-electron chi connectivity index (χ1n) is 7.74. The van der Waals surface area contributed by atoms with Gasteiger partial charge in [0.1, 0.15) is 6.10 Å². The third-order valence-electron chi connectivity index (χ3n) is 3.18. The van der Waals surface area contributed by atoms with Crippen molar-refractivity contribution in [1.29, 1.82) is 0 Å². The van der Waals surface area contributed by atoms with Gasteiger partial charge in [0.05, 0.1) is 19.3 Å². The average molecular weight is 306 g/mol. The molecule has 0 aliphatic carbocycles. The van der Waals surface area contributed by atoms with Crippen LogP contribution in [0.15, 0.2) is 0 Å². The van der Waals surface area contributed by atoms with Crippen molar-refractivity contribution in [2.24, 2.45) is 0 Å². The molecule has 0 spiro atoms. The van der Waals surface area contributed by atoms with Crippen molar-refractivity contribution in [3.8, 4) is 0 Å². The molecular formula is C14H30O5Si. The number of rotatable bonds is 12. The molecule has 0 aromatic carbocycles. The quantitative estimate of drug-likeness (QED) is 0.410. The van der Waals surface area contributed by atoms with E-state index in [2.05, 4.69) is 20.8 Å². The van der Waals surface area contributed by atoms with Gasteiger partial charge in [-0.05, 0) is 34.1 Å². The van der Waals surface area contributed by atoms with Gasteiger partial charge in [-0.25, -0.2) is 0 Å². The standard InChI is InChI=1S/C14H30O5Si/c1-6-17-20(8-3,18-7-2)19-13(5)9-12(4)15-10-14-11-16-14/h12-14H,6-11H2,1-5H3. The van der Waals surface area contributed by atoms with Crippen molar-refractivity contribution in [3.63, 3.8) is 0 Å². The molecule has 5 nitrogen and oxygen atoms in total. The Morgan fingerprint density at radius 2 is 1.70 bits per heavy atom. The van der Waals surface area contributed by atoms with E-state index in [0.717, 1.165) is 19.1 Å². The van der Waals surface area contributed by atoms with Crippen LogP contribution in [0.4, 0.5) is 0 Å². The topological polar surface area (TPSA) is 49.5 Å². The molecule has 0 radical (unpaired) electrons. The fourth-order valence-corrected chi connectivity index (χ4v) is 4.55. The first-order chi connectivity index (χ1) is 9.55. The Labute approximate surface area is 124 Å². The molecule has 0 aromatic heterocycles. The van der Waals surface area contributed by atoms with Gasteiger partial charge in [0.2, 0.25) is 0 Å². The maximum atomic E-state index is 6.14. The van der Waals surface area contributed by atoms with Crippen LogP contribution >= 0.6 is 0 Å². The second-order valence-corrected chi connectivity index (χ2v) is 8.05. The molecule has 1 fully saturated rings. The summed E-state index contributed by atoms with van der Waals surface area (Å²) in [7, 11) is -2.51. The normalized spacial score (nSPS) is 21.8. The second-order valence-electron chi connectivity index (χ2n) is 5.17. The summed E-state index contributed by atoms with van der Waals surface area (Å²) in [5, 5.41) is 0. The summed E-state index contributed by atoms with van der Waals surface area (Å²) in [6.07, 6.45) is 1.36. The number of ether oxygens (including phenoxy) is 2. The van der Waals surface area contributed by atoms with Crippen LogP contribution < -0.4 is 0 Å². The number of hydrogen-bond donors (Lipinski definition) is 0. The molecule has 120 valence electrons. The monoisotopic (exact) mass is 306 g/mol. The Balaban J connectivity index is 2.36. The lowest BCUT2D eigenvalue weighted by Crippen LogP contribution is -2.48. The molecule has 1 aliphatic rings. The van der Waals surface area contributed by atoms with Crippen LogP contribution in [-0.2, 0) is 22.8 Å². The maximum Gasteiger partial charge on any atom is 0.500 e. The lowest BCUT2D eigenvalue weighted by Gasteiger charge is -2.31. The molecule has 0 amide bonds. The number of hydrogen-bond acceptors (Lipinski definition) is 5. The van der Waals surface area contributed by atoms with Crippen LogP contribution in [0.5, 0.6) is 0 Å². The highest BCUT2D eigenvalue weighted by atomic mass is 28.4. The van der Waals surface area contributed by atoms with Crippen LogP contribution in [0, 0.1) is 0 Å². The predicted molar refractivity (Wildman–Crippen MR) is 79.8 cm³/mol. The largest absolute Gasteiger partial charge is 0.500 e. The highest BCUT2D eigenvalue weighted by Crippen LogP contribution is 2.20. The Bertz CT molecular complexity index is 254. The smallest absolute Gasteiger partial charge is 0.376 e.